The molecule has 158 valence electrons. The van der Waals surface area contributed by atoms with Crippen LogP contribution in [0, 0.1) is 17.1 Å². The summed E-state index contributed by atoms with van der Waals surface area (Å²) < 4.78 is 14.0. The van der Waals surface area contributed by atoms with Crippen LogP contribution < -0.4 is 15.5 Å². The summed E-state index contributed by atoms with van der Waals surface area (Å²) >= 11 is 0. The van der Waals surface area contributed by atoms with Gasteiger partial charge in [0.05, 0.1) is 18.5 Å². The largest absolute Gasteiger partial charge is 0.369 e. The van der Waals surface area contributed by atoms with Gasteiger partial charge < -0.3 is 20.4 Å². The van der Waals surface area contributed by atoms with Gasteiger partial charge in [-0.05, 0) is 49.4 Å². The first-order chi connectivity index (χ1) is 14.5. The molecule has 0 saturated carbocycles. The van der Waals surface area contributed by atoms with Gasteiger partial charge in [0.25, 0.3) is 0 Å². The summed E-state index contributed by atoms with van der Waals surface area (Å²) in [5, 5.41) is 14.4. The number of nitrogens with zero attached hydrogens (tertiary/aromatic N) is 3. The SMILES string of the molecule is CCN1CCN(c2ccc(F)cc2C(C)NC(=O)Nc2ccc(CC#N)cc2)CC1. The molecule has 1 fully saturated rings. The molecule has 7 heteroatoms. The number of urea groups is 1. The minimum atomic E-state index is -0.363. The van der Waals surface area contributed by atoms with E-state index in [9.17, 15) is 9.18 Å². The molecule has 2 N–H and O–H groups in total. The van der Waals surface area contributed by atoms with Crippen molar-refractivity contribution in [3.63, 3.8) is 0 Å². The van der Waals surface area contributed by atoms with Gasteiger partial charge >= 0.3 is 6.03 Å². The lowest BCUT2D eigenvalue weighted by Crippen LogP contribution is -2.46. The molecule has 0 bridgehead atoms. The van der Waals surface area contributed by atoms with E-state index in [2.05, 4.69) is 33.4 Å². The van der Waals surface area contributed by atoms with Crippen LogP contribution in [0.3, 0.4) is 0 Å². The maximum absolute atomic E-state index is 14.0. The first kappa shape index (κ1) is 21.6. The van der Waals surface area contributed by atoms with Gasteiger partial charge in [-0.15, -0.1) is 0 Å². The van der Waals surface area contributed by atoms with Gasteiger partial charge in [-0.3, -0.25) is 0 Å². The van der Waals surface area contributed by atoms with E-state index in [4.69, 9.17) is 5.26 Å². The molecule has 0 aliphatic carbocycles. The van der Waals surface area contributed by atoms with Crippen LogP contribution >= 0.6 is 0 Å². The Morgan fingerprint density at radius 2 is 1.87 bits per heavy atom. The van der Waals surface area contributed by atoms with E-state index in [1.54, 1.807) is 18.2 Å². The fourth-order valence-electron chi connectivity index (χ4n) is 3.70. The van der Waals surface area contributed by atoms with Crippen molar-refractivity contribution in [1.29, 1.82) is 5.26 Å². The number of halogens is 1. The van der Waals surface area contributed by atoms with Crippen LogP contribution in [-0.2, 0) is 6.42 Å². The summed E-state index contributed by atoms with van der Waals surface area (Å²) in [4.78, 5) is 17.1. The van der Waals surface area contributed by atoms with E-state index in [1.807, 2.05) is 19.1 Å². The number of nitriles is 1. The second-order valence-corrected chi connectivity index (χ2v) is 7.48. The summed E-state index contributed by atoms with van der Waals surface area (Å²) in [6.45, 7) is 8.73. The number of nitrogens with one attached hydrogen (secondary N) is 2. The Kier molecular flexibility index (Phi) is 7.26. The highest BCUT2D eigenvalue weighted by molar-refractivity contribution is 5.89. The Hall–Kier alpha value is -3.11. The number of benzene rings is 2. The molecule has 1 heterocycles. The Balaban J connectivity index is 1.67. The number of piperazine rings is 1. The number of hydrogen-bond donors (Lipinski definition) is 2. The van der Waals surface area contributed by atoms with Gasteiger partial charge in [0.15, 0.2) is 0 Å². The highest BCUT2D eigenvalue weighted by Crippen LogP contribution is 2.28. The first-order valence-electron chi connectivity index (χ1n) is 10.3. The lowest BCUT2D eigenvalue weighted by Gasteiger charge is -2.37. The summed E-state index contributed by atoms with van der Waals surface area (Å²) in [6, 6.07) is 13.3. The van der Waals surface area contributed by atoms with E-state index in [0.717, 1.165) is 49.5 Å². The minimum Gasteiger partial charge on any atom is -0.369 e. The van der Waals surface area contributed by atoms with E-state index in [0.29, 0.717) is 12.1 Å². The Morgan fingerprint density at radius 1 is 1.17 bits per heavy atom. The fourth-order valence-corrected chi connectivity index (χ4v) is 3.70. The van der Waals surface area contributed by atoms with Gasteiger partial charge in [0, 0.05) is 43.1 Å². The van der Waals surface area contributed by atoms with Crippen molar-refractivity contribution in [3.05, 3.63) is 59.4 Å². The Labute approximate surface area is 177 Å². The van der Waals surface area contributed by atoms with Crippen molar-refractivity contribution in [3.8, 4) is 6.07 Å². The maximum atomic E-state index is 14.0. The summed E-state index contributed by atoms with van der Waals surface area (Å²) in [7, 11) is 0. The maximum Gasteiger partial charge on any atom is 0.319 e. The molecular formula is C23H28FN5O. The third-order valence-corrected chi connectivity index (χ3v) is 5.46. The second-order valence-electron chi connectivity index (χ2n) is 7.48. The molecule has 2 aromatic rings. The molecule has 30 heavy (non-hydrogen) atoms. The molecule has 2 aromatic carbocycles. The van der Waals surface area contributed by atoms with Crippen LogP contribution in [0.1, 0.15) is 31.0 Å². The predicted molar refractivity (Wildman–Crippen MR) is 117 cm³/mol. The van der Waals surface area contributed by atoms with Crippen LogP contribution in [0.25, 0.3) is 0 Å². The topological polar surface area (TPSA) is 71.4 Å². The molecule has 2 amide bonds. The predicted octanol–water partition coefficient (Wildman–Crippen LogP) is 3.92. The lowest BCUT2D eigenvalue weighted by molar-refractivity contribution is 0.249. The van der Waals surface area contributed by atoms with Gasteiger partial charge in [0.2, 0.25) is 0 Å². The van der Waals surface area contributed by atoms with Gasteiger partial charge in [-0.25, -0.2) is 9.18 Å². The zero-order valence-corrected chi connectivity index (χ0v) is 17.5. The third kappa shape index (κ3) is 5.49. The molecule has 6 nitrogen and oxygen atoms in total. The average Bonchev–Trinajstić information content (AvgIpc) is 2.75. The van der Waals surface area contributed by atoms with Crippen LogP contribution in [-0.4, -0.2) is 43.7 Å². The zero-order chi connectivity index (χ0) is 21.5. The second kappa shape index (κ2) is 10.1. The molecule has 1 aliphatic heterocycles. The first-order valence-corrected chi connectivity index (χ1v) is 10.3. The lowest BCUT2D eigenvalue weighted by atomic mass is 10.0. The van der Waals surface area contributed by atoms with Crippen molar-refractivity contribution in [2.45, 2.75) is 26.3 Å². The van der Waals surface area contributed by atoms with E-state index in [1.165, 1.54) is 12.1 Å². The molecule has 1 aliphatic rings. The van der Waals surface area contributed by atoms with Gasteiger partial charge in [0.1, 0.15) is 5.82 Å². The molecular weight excluding hydrogens is 381 g/mol. The molecule has 1 saturated heterocycles. The molecule has 0 radical (unpaired) electrons. The van der Waals surface area contributed by atoms with E-state index in [-0.39, 0.29) is 17.9 Å². The molecule has 1 atom stereocenters. The van der Waals surface area contributed by atoms with Crippen molar-refractivity contribution in [1.82, 2.24) is 10.2 Å². The Morgan fingerprint density at radius 3 is 2.50 bits per heavy atom. The van der Waals surface area contributed by atoms with Crippen LogP contribution in [0.15, 0.2) is 42.5 Å². The monoisotopic (exact) mass is 409 g/mol. The number of likely N-dealkylation sites (N-methyl/N-ethyl adjacent to an activating group) is 1. The number of hydrogen-bond acceptors (Lipinski definition) is 4. The molecule has 1 unspecified atom stereocenters. The summed E-state index contributed by atoms with van der Waals surface area (Å²) in [5.41, 5.74) is 3.25. The van der Waals surface area contributed by atoms with Crippen molar-refractivity contribution in [2.24, 2.45) is 0 Å². The zero-order valence-electron chi connectivity index (χ0n) is 17.5. The van der Waals surface area contributed by atoms with Crippen molar-refractivity contribution in [2.75, 3.05) is 42.9 Å². The molecule has 3 rings (SSSR count). The highest BCUT2D eigenvalue weighted by Gasteiger charge is 2.21. The van der Waals surface area contributed by atoms with Gasteiger partial charge in [-0.2, -0.15) is 5.26 Å². The average molecular weight is 410 g/mol. The van der Waals surface area contributed by atoms with E-state index < -0.39 is 0 Å². The van der Waals surface area contributed by atoms with Crippen LogP contribution in [0.2, 0.25) is 0 Å². The van der Waals surface area contributed by atoms with Crippen LogP contribution in [0.5, 0.6) is 0 Å². The third-order valence-electron chi connectivity index (χ3n) is 5.46. The quantitative estimate of drug-likeness (QED) is 0.759. The summed E-state index contributed by atoms with van der Waals surface area (Å²) in [5.74, 6) is -0.317. The minimum absolute atomic E-state index is 0.317. The number of amides is 2. The van der Waals surface area contributed by atoms with Crippen molar-refractivity contribution < 1.29 is 9.18 Å². The highest BCUT2D eigenvalue weighted by atomic mass is 19.1. The normalized spacial score (nSPS) is 15.3. The number of carbonyl (C=O) groups is 1. The summed E-state index contributed by atoms with van der Waals surface area (Å²) in [6.07, 6.45) is 0.332. The fraction of sp³-hybridized carbons (Fsp3) is 0.391. The number of anilines is 2. The number of carbonyl (C=O) groups excluding carboxylic acids is 1. The molecule has 0 spiro atoms. The van der Waals surface area contributed by atoms with Crippen LogP contribution in [0.4, 0.5) is 20.6 Å². The van der Waals surface area contributed by atoms with E-state index >= 15 is 0 Å². The van der Waals surface area contributed by atoms with Gasteiger partial charge in [-0.1, -0.05) is 19.1 Å². The Bertz CT molecular complexity index is 901. The number of rotatable bonds is 6. The molecule has 0 aromatic heterocycles. The smallest absolute Gasteiger partial charge is 0.319 e. The van der Waals surface area contributed by atoms with Crippen molar-refractivity contribution >= 4 is 17.4 Å². The standard InChI is InChI=1S/C23H28FN5O/c1-3-28-12-14-29(15-13-28)22-9-6-19(24)16-21(22)17(2)26-23(30)27-20-7-4-18(5-8-20)10-11-25/h4-9,16-17H,3,10,12-15H2,1-2H3,(H2,26,27,30).